The zero-order chi connectivity index (χ0) is 24.2. The van der Waals surface area contributed by atoms with E-state index >= 15 is 0 Å². The molecule has 2 amide bonds. The number of methoxy groups -OCH3 is 2. The Kier molecular flexibility index (Phi) is 7.35. The molecule has 178 valence electrons. The van der Waals surface area contributed by atoms with Crippen LogP contribution in [0.25, 0.3) is 0 Å². The summed E-state index contributed by atoms with van der Waals surface area (Å²) in [4.78, 5) is 27.3. The number of hydrogen-bond donors (Lipinski definition) is 1. The highest BCUT2D eigenvalue weighted by atomic mass is 19.4. The Morgan fingerprint density at radius 1 is 1.03 bits per heavy atom. The molecule has 33 heavy (non-hydrogen) atoms. The van der Waals surface area contributed by atoms with Crippen molar-refractivity contribution in [2.45, 2.75) is 25.7 Å². The van der Waals surface area contributed by atoms with E-state index in [4.69, 9.17) is 9.47 Å². The molecule has 10 heteroatoms. The van der Waals surface area contributed by atoms with Gasteiger partial charge in [-0.25, -0.2) is 0 Å². The van der Waals surface area contributed by atoms with E-state index in [-0.39, 0.29) is 23.4 Å². The summed E-state index contributed by atoms with van der Waals surface area (Å²) >= 11 is 0. The molecule has 1 N–H and O–H groups in total. The van der Waals surface area contributed by atoms with E-state index in [1.165, 1.54) is 32.4 Å². The molecular formula is C23H25F3N2O5. The van der Waals surface area contributed by atoms with Gasteiger partial charge in [0.05, 0.1) is 19.8 Å². The minimum atomic E-state index is -4.90. The highest BCUT2D eigenvalue weighted by molar-refractivity contribution is 5.97. The van der Waals surface area contributed by atoms with Crippen LogP contribution < -0.4 is 19.5 Å². The maximum atomic E-state index is 13.0. The molecule has 0 saturated carbocycles. The Morgan fingerprint density at radius 2 is 1.73 bits per heavy atom. The van der Waals surface area contributed by atoms with Gasteiger partial charge in [0, 0.05) is 24.7 Å². The second-order valence-electron chi connectivity index (χ2n) is 7.71. The summed E-state index contributed by atoms with van der Waals surface area (Å²) in [7, 11) is 2.99. The van der Waals surface area contributed by atoms with Crippen molar-refractivity contribution < 1.29 is 37.0 Å². The number of carbonyl (C=O) groups is 2. The second kappa shape index (κ2) is 10.0. The number of alkyl halides is 3. The van der Waals surface area contributed by atoms with Crippen LogP contribution in [0.15, 0.2) is 42.5 Å². The monoisotopic (exact) mass is 466 g/mol. The van der Waals surface area contributed by atoms with Crippen LogP contribution in [-0.2, 0) is 0 Å². The molecule has 0 aromatic heterocycles. The Labute approximate surface area is 189 Å². The summed E-state index contributed by atoms with van der Waals surface area (Å²) < 4.78 is 52.4. The number of likely N-dealkylation sites (tertiary alicyclic amines) is 1. The van der Waals surface area contributed by atoms with Gasteiger partial charge in [-0.2, -0.15) is 0 Å². The maximum absolute atomic E-state index is 13.0. The molecule has 3 rings (SSSR count). The Hall–Kier alpha value is -3.43. The third-order valence-corrected chi connectivity index (χ3v) is 5.50. The molecule has 1 fully saturated rings. The minimum absolute atomic E-state index is 0.123. The number of nitrogens with one attached hydrogen (secondary N) is 1. The van der Waals surface area contributed by atoms with Gasteiger partial charge < -0.3 is 24.4 Å². The fourth-order valence-electron chi connectivity index (χ4n) is 3.81. The van der Waals surface area contributed by atoms with Crippen LogP contribution in [0.4, 0.5) is 13.2 Å². The lowest BCUT2D eigenvalue weighted by Crippen LogP contribution is -2.51. The lowest BCUT2D eigenvalue weighted by Gasteiger charge is -2.37. The van der Waals surface area contributed by atoms with E-state index in [1.807, 2.05) is 6.92 Å². The molecule has 0 aliphatic carbocycles. The van der Waals surface area contributed by atoms with E-state index in [1.54, 1.807) is 23.1 Å². The third kappa shape index (κ3) is 5.88. The second-order valence-corrected chi connectivity index (χ2v) is 7.71. The molecule has 7 nitrogen and oxygen atoms in total. The fraction of sp³-hybridized carbons (Fsp3) is 0.391. The number of benzene rings is 2. The highest BCUT2D eigenvalue weighted by Crippen LogP contribution is 2.30. The molecule has 1 aliphatic heterocycles. The van der Waals surface area contributed by atoms with Gasteiger partial charge in [-0.15, -0.1) is 13.2 Å². The standard InChI is InChI=1S/C23H25F3N2O5/c1-14-13-28(22(30)15-8-9-19(31-2)20(12-15)32-3)11-10-17(14)27-21(29)16-6-4-5-7-18(16)33-23(24,25)26/h4-9,12,14,17H,10-11,13H2,1-3H3,(H,27,29)/t14-,17-/m0/s1. The summed E-state index contributed by atoms with van der Waals surface area (Å²) in [6.45, 7) is 2.62. The number of halogens is 3. The Balaban J connectivity index is 1.65. The summed E-state index contributed by atoms with van der Waals surface area (Å²) in [5.74, 6) is -0.571. The van der Waals surface area contributed by atoms with E-state index in [0.29, 0.717) is 36.6 Å². The van der Waals surface area contributed by atoms with Gasteiger partial charge in [0.1, 0.15) is 5.75 Å². The first-order valence-corrected chi connectivity index (χ1v) is 10.3. The normalized spacial score (nSPS) is 18.4. The molecule has 1 heterocycles. The van der Waals surface area contributed by atoms with Crippen LogP contribution in [0, 0.1) is 5.92 Å². The van der Waals surface area contributed by atoms with Crippen molar-refractivity contribution >= 4 is 11.8 Å². The van der Waals surface area contributed by atoms with Crippen molar-refractivity contribution in [3.05, 3.63) is 53.6 Å². The van der Waals surface area contributed by atoms with Crippen molar-refractivity contribution in [3.8, 4) is 17.2 Å². The van der Waals surface area contributed by atoms with E-state index in [0.717, 1.165) is 6.07 Å². The van der Waals surface area contributed by atoms with Gasteiger partial charge in [0.2, 0.25) is 0 Å². The molecule has 1 aliphatic rings. The first kappa shape index (κ1) is 24.2. The van der Waals surface area contributed by atoms with Gasteiger partial charge in [0.15, 0.2) is 11.5 Å². The molecule has 0 bridgehead atoms. The predicted octanol–water partition coefficient (Wildman–Crippen LogP) is 3.88. The molecule has 2 atom stereocenters. The number of rotatable bonds is 6. The van der Waals surface area contributed by atoms with Crippen LogP contribution >= 0.6 is 0 Å². The van der Waals surface area contributed by atoms with Crippen LogP contribution in [0.1, 0.15) is 34.1 Å². The largest absolute Gasteiger partial charge is 0.573 e. The number of ether oxygens (including phenoxy) is 3. The summed E-state index contributed by atoms with van der Waals surface area (Å²) in [5.41, 5.74) is 0.242. The topological polar surface area (TPSA) is 77.1 Å². The number of para-hydroxylation sites is 1. The number of amides is 2. The first-order valence-electron chi connectivity index (χ1n) is 10.3. The summed E-state index contributed by atoms with van der Waals surface area (Å²) in [6.07, 6.45) is -4.45. The third-order valence-electron chi connectivity index (χ3n) is 5.50. The SMILES string of the molecule is COc1ccc(C(=O)N2CC[C@H](NC(=O)c3ccccc3OC(F)(F)F)[C@@H](C)C2)cc1OC. The van der Waals surface area contributed by atoms with Crippen molar-refractivity contribution in [3.63, 3.8) is 0 Å². The summed E-state index contributed by atoms with van der Waals surface area (Å²) in [6, 6.07) is 9.79. The van der Waals surface area contributed by atoms with Crippen LogP contribution in [0.2, 0.25) is 0 Å². The van der Waals surface area contributed by atoms with E-state index < -0.39 is 18.0 Å². The van der Waals surface area contributed by atoms with Crippen molar-refractivity contribution in [1.29, 1.82) is 0 Å². The van der Waals surface area contributed by atoms with Crippen molar-refractivity contribution in [1.82, 2.24) is 10.2 Å². The van der Waals surface area contributed by atoms with Gasteiger partial charge in [-0.3, -0.25) is 9.59 Å². The zero-order valence-corrected chi connectivity index (χ0v) is 18.4. The molecule has 0 unspecified atom stereocenters. The number of nitrogens with zero attached hydrogens (tertiary/aromatic N) is 1. The van der Waals surface area contributed by atoms with Gasteiger partial charge in [-0.05, 0) is 42.7 Å². The lowest BCUT2D eigenvalue weighted by molar-refractivity contribution is -0.274. The van der Waals surface area contributed by atoms with Crippen LogP contribution in [0.5, 0.6) is 17.2 Å². The molecular weight excluding hydrogens is 441 g/mol. The fourth-order valence-corrected chi connectivity index (χ4v) is 3.81. The van der Waals surface area contributed by atoms with E-state index in [2.05, 4.69) is 10.1 Å². The molecule has 0 radical (unpaired) electrons. The van der Waals surface area contributed by atoms with Gasteiger partial charge in [-0.1, -0.05) is 19.1 Å². The number of hydrogen-bond acceptors (Lipinski definition) is 5. The quantitative estimate of drug-likeness (QED) is 0.699. The van der Waals surface area contributed by atoms with Crippen molar-refractivity contribution in [2.75, 3.05) is 27.3 Å². The number of carbonyl (C=O) groups excluding carboxylic acids is 2. The molecule has 2 aromatic rings. The predicted molar refractivity (Wildman–Crippen MR) is 114 cm³/mol. The number of piperidine rings is 1. The molecule has 1 saturated heterocycles. The highest BCUT2D eigenvalue weighted by Gasteiger charge is 2.34. The van der Waals surface area contributed by atoms with Gasteiger partial charge in [0.25, 0.3) is 11.8 Å². The smallest absolute Gasteiger partial charge is 0.493 e. The van der Waals surface area contributed by atoms with Crippen molar-refractivity contribution in [2.24, 2.45) is 5.92 Å². The van der Waals surface area contributed by atoms with Gasteiger partial charge >= 0.3 is 6.36 Å². The van der Waals surface area contributed by atoms with E-state index in [9.17, 15) is 22.8 Å². The molecule has 2 aromatic carbocycles. The Bertz CT molecular complexity index is 1010. The minimum Gasteiger partial charge on any atom is -0.493 e. The molecule has 0 spiro atoms. The average molecular weight is 466 g/mol. The lowest BCUT2D eigenvalue weighted by atomic mass is 9.93. The summed E-state index contributed by atoms with van der Waals surface area (Å²) in [5, 5.41) is 2.78. The Morgan fingerprint density at radius 3 is 2.36 bits per heavy atom. The zero-order valence-electron chi connectivity index (χ0n) is 18.4. The maximum Gasteiger partial charge on any atom is 0.573 e. The van der Waals surface area contributed by atoms with Crippen LogP contribution in [0.3, 0.4) is 0 Å². The van der Waals surface area contributed by atoms with Crippen LogP contribution in [-0.4, -0.2) is 56.4 Å². The average Bonchev–Trinajstić information content (AvgIpc) is 2.78. The first-order chi connectivity index (χ1) is 15.6.